The highest BCUT2D eigenvalue weighted by atomic mass is 16.4. The minimum Gasteiger partial charge on any atom is -0.480 e. The van der Waals surface area contributed by atoms with Crippen LogP contribution in [0.4, 0.5) is 0 Å². The third-order valence-electron chi connectivity index (χ3n) is 2.31. The fraction of sp³-hybridized carbons (Fsp3) is 0.500. The van der Waals surface area contributed by atoms with E-state index < -0.39 is 11.9 Å². The van der Waals surface area contributed by atoms with E-state index in [9.17, 15) is 9.59 Å². The summed E-state index contributed by atoms with van der Waals surface area (Å²) in [4.78, 5) is 27.0. The summed E-state index contributed by atoms with van der Waals surface area (Å²) in [5.41, 5.74) is 5.05. The lowest BCUT2D eigenvalue weighted by atomic mass is 10.3. The van der Waals surface area contributed by atoms with Gasteiger partial charge in [0, 0.05) is 32.4 Å². The van der Waals surface area contributed by atoms with E-state index in [-0.39, 0.29) is 13.1 Å². The average molecular weight is 240 g/mol. The summed E-state index contributed by atoms with van der Waals surface area (Å²) in [7, 11) is 1.86. The molecule has 0 aliphatic rings. The number of carbonyl (C=O) groups is 2. The maximum atomic E-state index is 10.8. The van der Waals surface area contributed by atoms with Gasteiger partial charge in [-0.2, -0.15) is 0 Å². The molecule has 0 aliphatic heterocycles. The number of primary amides is 1. The van der Waals surface area contributed by atoms with Crippen molar-refractivity contribution in [2.75, 3.05) is 19.6 Å². The van der Waals surface area contributed by atoms with Crippen LogP contribution >= 0.6 is 0 Å². The van der Waals surface area contributed by atoms with Crippen molar-refractivity contribution in [3.05, 3.63) is 18.2 Å². The van der Waals surface area contributed by atoms with Crippen molar-refractivity contribution in [1.82, 2.24) is 14.5 Å². The van der Waals surface area contributed by atoms with Crippen LogP contribution in [-0.4, -0.2) is 51.1 Å². The van der Waals surface area contributed by atoms with Gasteiger partial charge in [-0.1, -0.05) is 0 Å². The first-order chi connectivity index (χ1) is 7.99. The van der Waals surface area contributed by atoms with Gasteiger partial charge < -0.3 is 15.4 Å². The van der Waals surface area contributed by atoms with E-state index in [1.807, 2.05) is 17.8 Å². The Morgan fingerprint density at radius 3 is 2.71 bits per heavy atom. The molecule has 1 aromatic rings. The first-order valence-corrected chi connectivity index (χ1v) is 5.17. The molecule has 0 saturated carbocycles. The summed E-state index contributed by atoms with van der Waals surface area (Å²) in [6.07, 6.45) is 4.06. The number of imidazole rings is 1. The van der Waals surface area contributed by atoms with Gasteiger partial charge in [-0.15, -0.1) is 0 Å². The second-order valence-corrected chi connectivity index (χ2v) is 3.78. The normalized spacial score (nSPS) is 10.7. The molecular weight excluding hydrogens is 224 g/mol. The van der Waals surface area contributed by atoms with E-state index in [0.717, 1.165) is 5.82 Å². The molecule has 1 rings (SSSR count). The number of nitrogens with zero attached hydrogens (tertiary/aromatic N) is 3. The van der Waals surface area contributed by atoms with Crippen molar-refractivity contribution in [2.45, 2.75) is 6.42 Å². The van der Waals surface area contributed by atoms with Gasteiger partial charge in [0.2, 0.25) is 5.91 Å². The van der Waals surface area contributed by atoms with Gasteiger partial charge >= 0.3 is 5.97 Å². The van der Waals surface area contributed by atoms with E-state index >= 15 is 0 Å². The lowest BCUT2D eigenvalue weighted by Gasteiger charge is -2.17. The first-order valence-electron chi connectivity index (χ1n) is 5.17. The highest BCUT2D eigenvalue weighted by molar-refractivity contribution is 5.77. The van der Waals surface area contributed by atoms with E-state index in [4.69, 9.17) is 10.8 Å². The Morgan fingerprint density at radius 1 is 1.53 bits per heavy atom. The van der Waals surface area contributed by atoms with E-state index in [1.54, 1.807) is 6.20 Å². The summed E-state index contributed by atoms with van der Waals surface area (Å²) >= 11 is 0. The number of rotatable bonds is 7. The highest BCUT2D eigenvalue weighted by Gasteiger charge is 2.13. The Bertz CT molecular complexity index is 386. The van der Waals surface area contributed by atoms with Crippen LogP contribution in [0, 0.1) is 0 Å². The van der Waals surface area contributed by atoms with E-state index in [2.05, 4.69) is 4.98 Å². The monoisotopic (exact) mass is 240 g/mol. The molecule has 0 radical (unpaired) electrons. The molecule has 1 aromatic heterocycles. The molecule has 7 nitrogen and oxygen atoms in total. The minimum atomic E-state index is -0.980. The van der Waals surface area contributed by atoms with Gasteiger partial charge in [-0.25, -0.2) is 4.98 Å². The number of carboxylic acid groups (broad SMARTS) is 1. The molecule has 0 bridgehead atoms. The minimum absolute atomic E-state index is 0.0588. The van der Waals surface area contributed by atoms with Gasteiger partial charge in [-0.05, 0) is 0 Å². The molecule has 7 heteroatoms. The van der Waals surface area contributed by atoms with Crippen LogP contribution < -0.4 is 5.73 Å². The van der Waals surface area contributed by atoms with Gasteiger partial charge in [0.25, 0.3) is 0 Å². The van der Waals surface area contributed by atoms with Crippen molar-refractivity contribution in [2.24, 2.45) is 12.8 Å². The second kappa shape index (κ2) is 6.00. The predicted molar refractivity (Wildman–Crippen MR) is 60.2 cm³/mol. The zero-order valence-corrected chi connectivity index (χ0v) is 9.67. The lowest BCUT2D eigenvalue weighted by Crippen LogP contribution is -2.38. The molecule has 0 fully saturated rings. The van der Waals surface area contributed by atoms with Crippen molar-refractivity contribution in [1.29, 1.82) is 0 Å². The lowest BCUT2D eigenvalue weighted by molar-refractivity contribution is -0.138. The molecule has 94 valence electrons. The predicted octanol–water partition coefficient (Wildman–Crippen LogP) is -1.17. The molecule has 0 spiro atoms. The third kappa shape index (κ3) is 4.64. The van der Waals surface area contributed by atoms with Crippen molar-refractivity contribution < 1.29 is 14.7 Å². The molecule has 0 aliphatic carbocycles. The Labute approximate surface area is 98.8 Å². The van der Waals surface area contributed by atoms with Gasteiger partial charge in [0.05, 0.1) is 13.1 Å². The summed E-state index contributed by atoms with van der Waals surface area (Å²) in [5.74, 6) is -0.679. The summed E-state index contributed by atoms with van der Waals surface area (Å²) in [5, 5.41) is 8.69. The number of aromatic nitrogens is 2. The van der Waals surface area contributed by atoms with Crippen molar-refractivity contribution in [3.63, 3.8) is 0 Å². The standard InChI is InChI=1S/C10H16N4O3/c1-13-5-3-12-9(13)2-4-14(6-8(11)15)7-10(16)17/h3,5H,2,4,6-7H2,1H3,(H2,11,15)(H,16,17). The molecular formula is C10H16N4O3. The molecule has 3 N–H and O–H groups in total. The Balaban J connectivity index is 2.51. The van der Waals surface area contributed by atoms with Crippen LogP contribution in [0.2, 0.25) is 0 Å². The molecule has 0 saturated heterocycles. The Hall–Kier alpha value is -1.89. The van der Waals surface area contributed by atoms with Gasteiger partial charge in [-0.3, -0.25) is 14.5 Å². The molecule has 17 heavy (non-hydrogen) atoms. The maximum absolute atomic E-state index is 10.8. The smallest absolute Gasteiger partial charge is 0.317 e. The quantitative estimate of drug-likeness (QED) is 0.625. The Kier molecular flexibility index (Phi) is 4.65. The summed E-state index contributed by atoms with van der Waals surface area (Å²) < 4.78 is 1.85. The number of hydrogen-bond donors (Lipinski definition) is 2. The maximum Gasteiger partial charge on any atom is 0.317 e. The van der Waals surface area contributed by atoms with Crippen LogP contribution in [-0.2, 0) is 23.1 Å². The van der Waals surface area contributed by atoms with Crippen LogP contribution in [0.1, 0.15) is 5.82 Å². The van der Waals surface area contributed by atoms with Crippen molar-refractivity contribution >= 4 is 11.9 Å². The van der Waals surface area contributed by atoms with Crippen molar-refractivity contribution in [3.8, 4) is 0 Å². The number of carbonyl (C=O) groups excluding carboxylic acids is 1. The van der Waals surface area contributed by atoms with Crippen LogP contribution in [0.25, 0.3) is 0 Å². The number of carboxylic acids is 1. The zero-order valence-electron chi connectivity index (χ0n) is 9.67. The fourth-order valence-electron chi connectivity index (χ4n) is 1.52. The molecule has 1 heterocycles. The third-order valence-corrected chi connectivity index (χ3v) is 2.31. The number of nitrogens with two attached hydrogens (primary N) is 1. The number of amides is 1. The number of aryl methyl sites for hydroxylation is 1. The van der Waals surface area contributed by atoms with Crippen LogP contribution in [0.3, 0.4) is 0 Å². The van der Waals surface area contributed by atoms with Gasteiger partial charge in [0.15, 0.2) is 0 Å². The fourth-order valence-corrected chi connectivity index (χ4v) is 1.52. The van der Waals surface area contributed by atoms with E-state index in [0.29, 0.717) is 13.0 Å². The summed E-state index contributed by atoms with van der Waals surface area (Å²) in [6, 6.07) is 0. The van der Waals surface area contributed by atoms with Crippen LogP contribution in [0.15, 0.2) is 12.4 Å². The summed E-state index contributed by atoms with van der Waals surface area (Å²) in [6.45, 7) is 0.171. The van der Waals surface area contributed by atoms with E-state index in [1.165, 1.54) is 4.90 Å². The Morgan fingerprint density at radius 2 is 2.24 bits per heavy atom. The molecule has 1 amide bonds. The molecule has 0 atom stereocenters. The average Bonchev–Trinajstić information content (AvgIpc) is 2.59. The zero-order chi connectivity index (χ0) is 12.8. The molecule has 0 unspecified atom stereocenters. The first kappa shape index (κ1) is 13.2. The topological polar surface area (TPSA) is 101 Å². The second-order valence-electron chi connectivity index (χ2n) is 3.78. The molecule has 0 aromatic carbocycles. The van der Waals surface area contributed by atoms with Crippen LogP contribution in [0.5, 0.6) is 0 Å². The van der Waals surface area contributed by atoms with Gasteiger partial charge in [0.1, 0.15) is 5.82 Å². The number of aliphatic carboxylic acids is 1. The largest absolute Gasteiger partial charge is 0.480 e. The highest BCUT2D eigenvalue weighted by Crippen LogP contribution is 1.98. The number of hydrogen-bond acceptors (Lipinski definition) is 4. The SMILES string of the molecule is Cn1ccnc1CCN(CC(N)=O)CC(=O)O.